The summed E-state index contributed by atoms with van der Waals surface area (Å²) in [4.78, 5) is 0. The quantitative estimate of drug-likeness (QED) is 0.685. The van der Waals surface area contributed by atoms with Gasteiger partial charge in [0.25, 0.3) is 0 Å². The minimum Gasteiger partial charge on any atom is -0.482 e. The molecule has 0 saturated heterocycles. The predicted octanol–water partition coefficient (Wildman–Crippen LogP) is 2.96. The summed E-state index contributed by atoms with van der Waals surface area (Å²) in [6.07, 6.45) is 1.53. The lowest BCUT2D eigenvalue weighted by molar-refractivity contribution is 0.270. The van der Waals surface area contributed by atoms with Gasteiger partial charge in [-0.3, -0.25) is 0 Å². The maximum atomic E-state index is 13.4. The van der Waals surface area contributed by atoms with Crippen LogP contribution in [0.4, 0.5) is 10.1 Å². The highest BCUT2D eigenvalue weighted by Crippen LogP contribution is 2.36. The lowest BCUT2D eigenvalue weighted by Crippen LogP contribution is -2.25. The van der Waals surface area contributed by atoms with Crippen LogP contribution >= 0.6 is 11.6 Å². The second-order valence-electron chi connectivity index (χ2n) is 3.69. The van der Waals surface area contributed by atoms with Crippen molar-refractivity contribution >= 4 is 17.3 Å². The van der Waals surface area contributed by atoms with Crippen molar-refractivity contribution < 1.29 is 13.5 Å². The number of hydrogen-bond donors (Lipinski definition) is 1. The van der Waals surface area contributed by atoms with Gasteiger partial charge in [0.05, 0.1) is 12.0 Å². The minimum absolute atomic E-state index is 0.101. The summed E-state index contributed by atoms with van der Waals surface area (Å²) in [5.74, 6) is 5.88. The maximum Gasteiger partial charge on any atom is 0.166 e. The smallest absolute Gasteiger partial charge is 0.166 e. The average molecular weight is 271 g/mol. The van der Waals surface area contributed by atoms with Crippen molar-refractivity contribution in [2.45, 2.75) is 6.61 Å². The molecule has 0 unspecified atom stereocenters. The van der Waals surface area contributed by atoms with Crippen molar-refractivity contribution in [1.29, 1.82) is 0 Å². The van der Waals surface area contributed by atoms with Crippen LogP contribution in [0.5, 0.6) is 5.75 Å². The summed E-state index contributed by atoms with van der Waals surface area (Å²) in [5, 5.41) is 1.21. The SMILES string of the molecule is CN(N)c1ccc(F)c(Cl)c1OCc1ccco1. The number of nitrogens with zero attached hydrogens (tertiary/aromatic N) is 1. The molecule has 4 nitrogen and oxygen atoms in total. The largest absolute Gasteiger partial charge is 0.482 e. The molecule has 0 aliphatic carbocycles. The van der Waals surface area contributed by atoms with Gasteiger partial charge >= 0.3 is 0 Å². The number of hydrazine groups is 1. The van der Waals surface area contributed by atoms with E-state index in [2.05, 4.69) is 0 Å². The fraction of sp³-hybridized carbons (Fsp3) is 0.167. The fourth-order valence-corrected chi connectivity index (χ4v) is 1.69. The van der Waals surface area contributed by atoms with Gasteiger partial charge in [0.2, 0.25) is 0 Å². The summed E-state index contributed by atoms with van der Waals surface area (Å²) in [5.41, 5.74) is 0.493. The molecule has 0 saturated carbocycles. The molecule has 2 rings (SSSR count). The first-order chi connectivity index (χ1) is 8.59. The molecule has 1 aromatic carbocycles. The number of anilines is 1. The molecular weight excluding hydrogens is 259 g/mol. The number of ether oxygens (including phenoxy) is 1. The normalized spacial score (nSPS) is 10.4. The Bertz CT molecular complexity index is 529. The molecule has 0 radical (unpaired) electrons. The second kappa shape index (κ2) is 5.29. The molecule has 2 aromatic rings. The first kappa shape index (κ1) is 12.7. The zero-order chi connectivity index (χ0) is 13.1. The van der Waals surface area contributed by atoms with Crippen molar-refractivity contribution in [2.24, 2.45) is 5.84 Å². The van der Waals surface area contributed by atoms with Crippen LogP contribution in [0.15, 0.2) is 34.9 Å². The molecule has 18 heavy (non-hydrogen) atoms. The zero-order valence-corrected chi connectivity index (χ0v) is 10.4. The second-order valence-corrected chi connectivity index (χ2v) is 4.07. The highest BCUT2D eigenvalue weighted by Gasteiger charge is 2.15. The third-order valence-corrected chi connectivity index (χ3v) is 2.70. The van der Waals surface area contributed by atoms with E-state index in [1.165, 1.54) is 23.4 Å². The zero-order valence-electron chi connectivity index (χ0n) is 9.69. The Morgan fingerprint density at radius 1 is 1.44 bits per heavy atom. The van der Waals surface area contributed by atoms with Crippen molar-refractivity contribution in [3.63, 3.8) is 0 Å². The molecule has 0 fully saturated rings. The number of halogens is 2. The summed E-state index contributed by atoms with van der Waals surface area (Å²) in [6, 6.07) is 6.22. The van der Waals surface area contributed by atoms with E-state index >= 15 is 0 Å². The number of benzene rings is 1. The van der Waals surface area contributed by atoms with Gasteiger partial charge in [0, 0.05) is 7.05 Å². The van der Waals surface area contributed by atoms with Crippen LogP contribution in [0.2, 0.25) is 5.02 Å². The van der Waals surface area contributed by atoms with Gasteiger partial charge in [0.15, 0.2) is 5.75 Å². The number of nitrogens with two attached hydrogens (primary N) is 1. The van der Waals surface area contributed by atoms with Crippen molar-refractivity contribution in [3.8, 4) is 5.75 Å². The first-order valence-corrected chi connectivity index (χ1v) is 5.59. The number of rotatable bonds is 4. The summed E-state index contributed by atoms with van der Waals surface area (Å²) in [7, 11) is 1.61. The van der Waals surface area contributed by atoms with Crippen LogP contribution in [0, 0.1) is 5.82 Å². The van der Waals surface area contributed by atoms with Crippen LogP contribution in [0.3, 0.4) is 0 Å². The minimum atomic E-state index is -0.559. The first-order valence-electron chi connectivity index (χ1n) is 5.21. The molecule has 2 N–H and O–H groups in total. The van der Waals surface area contributed by atoms with Crippen LogP contribution < -0.4 is 15.6 Å². The lowest BCUT2D eigenvalue weighted by Gasteiger charge is -2.18. The molecule has 0 spiro atoms. The number of furan rings is 1. The Kier molecular flexibility index (Phi) is 3.74. The topological polar surface area (TPSA) is 51.6 Å². The van der Waals surface area contributed by atoms with Gasteiger partial charge in [-0.1, -0.05) is 11.6 Å². The Morgan fingerprint density at radius 3 is 2.83 bits per heavy atom. The third-order valence-electron chi connectivity index (χ3n) is 2.35. The van der Waals surface area contributed by atoms with Gasteiger partial charge in [-0.25, -0.2) is 10.2 Å². The Hall–Kier alpha value is -1.72. The average Bonchev–Trinajstić information content (AvgIpc) is 2.83. The molecule has 1 heterocycles. The van der Waals surface area contributed by atoms with Crippen molar-refractivity contribution in [1.82, 2.24) is 0 Å². The maximum absolute atomic E-state index is 13.4. The van der Waals surface area contributed by atoms with E-state index in [0.717, 1.165) is 0 Å². The third kappa shape index (κ3) is 2.57. The van der Waals surface area contributed by atoms with Crippen molar-refractivity contribution in [3.05, 3.63) is 47.1 Å². The van der Waals surface area contributed by atoms with Crippen LogP contribution in [-0.4, -0.2) is 7.05 Å². The molecule has 0 aliphatic rings. The predicted molar refractivity (Wildman–Crippen MR) is 67.0 cm³/mol. The van der Waals surface area contributed by atoms with E-state index in [0.29, 0.717) is 11.4 Å². The standard InChI is InChI=1S/C12H12ClFN2O2/c1-16(15)10-5-4-9(14)11(13)12(10)18-7-8-3-2-6-17-8/h2-6H,7,15H2,1H3. The Balaban J connectivity index is 2.27. The molecule has 96 valence electrons. The number of hydrogen-bond acceptors (Lipinski definition) is 4. The molecule has 1 aromatic heterocycles. The monoisotopic (exact) mass is 270 g/mol. The molecule has 0 bridgehead atoms. The highest BCUT2D eigenvalue weighted by molar-refractivity contribution is 6.32. The van der Waals surface area contributed by atoms with Crippen LogP contribution in [0.1, 0.15) is 5.76 Å². The van der Waals surface area contributed by atoms with Gasteiger partial charge in [-0.2, -0.15) is 0 Å². The van der Waals surface area contributed by atoms with Crippen LogP contribution in [-0.2, 0) is 6.61 Å². The Labute approximate surface area is 109 Å². The van der Waals surface area contributed by atoms with Gasteiger partial charge in [-0.05, 0) is 24.3 Å². The van der Waals surface area contributed by atoms with E-state index in [1.54, 1.807) is 19.2 Å². The summed E-state index contributed by atoms with van der Waals surface area (Å²) < 4.78 is 24.0. The molecule has 6 heteroatoms. The molecule has 0 aliphatic heterocycles. The van der Waals surface area contributed by atoms with Crippen molar-refractivity contribution in [2.75, 3.05) is 12.1 Å². The van der Waals surface area contributed by atoms with Crippen LogP contribution in [0.25, 0.3) is 0 Å². The van der Waals surface area contributed by atoms with E-state index < -0.39 is 5.82 Å². The lowest BCUT2D eigenvalue weighted by atomic mass is 10.2. The van der Waals surface area contributed by atoms with E-state index in [9.17, 15) is 4.39 Å². The molecule has 0 amide bonds. The van der Waals surface area contributed by atoms with E-state index in [-0.39, 0.29) is 17.4 Å². The Morgan fingerprint density at radius 2 is 2.22 bits per heavy atom. The van der Waals surface area contributed by atoms with Gasteiger partial charge < -0.3 is 14.2 Å². The van der Waals surface area contributed by atoms with Gasteiger partial charge in [-0.15, -0.1) is 0 Å². The van der Waals surface area contributed by atoms with Gasteiger partial charge in [0.1, 0.15) is 23.2 Å². The highest BCUT2D eigenvalue weighted by atomic mass is 35.5. The molecule has 0 atom stereocenters. The van der Waals surface area contributed by atoms with E-state index in [1.807, 2.05) is 0 Å². The summed E-state index contributed by atoms with van der Waals surface area (Å²) in [6.45, 7) is 0.150. The fourth-order valence-electron chi connectivity index (χ4n) is 1.47. The van der Waals surface area contributed by atoms with E-state index in [4.69, 9.17) is 26.6 Å². The summed E-state index contributed by atoms with van der Waals surface area (Å²) >= 11 is 5.87. The molecular formula is C12H12ClFN2O2.